The van der Waals surface area contributed by atoms with Crippen LogP contribution in [0.15, 0.2) is 30.3 Å². The van der Waals surface area contributed by atoms with Gasteiger partial charge in [0, 0.05) is 32.8 Å². The Bertz CT molecular complexity index is 603. The fourth-order valence-corrected chi connectivity index (χ4v) is 4.57. The lowest BCUT2D eigenvalue weighted by atomic mass is 10.2. The summed E-state index contributed by atoms with van der Waals surface area (Å²) in [4.78, 5) is 2.37. The van der Waals surface area contributed by atoms with E-state index in [4.69, 9.17) is 4.74 Å². The molecule has 0 bridgehead atoms. The molecule has 2 aliphatic heterocycles. The summed E-state index contributed by atoms with van der Waals surface area (Å²) in [7, 11) is -3.49. The van der Waals surface area contributed by atoms with Gasteiger partial charge in [-0.15, -0.1) is 0 Å². The number of nitrogens with one attached hydrogen (secondary N) is 1. The molecule has 1 aromatic carbocycles. The van der Waals surface area contributed by atoms with E-state index in [0.717, 1.165) is 31.6 Å². The van der Waals surface area contributed by atoms with Crippen LogP contribution in [-0.2, 0) is 21.5 Å². The first kappa shape index (κ1) is 17.8. The van der Waals surface area contributed by atoms with Crippen molar-refractivity contribution >= 4 is 10.2 Å². The monoisotopic (exact) mass is 353 g/mol. The summed E-state index contributed by atoms with van der Waals surface area (Å²) in [6.07, 6.45) is 3.16. The standard InChI is InChI=1S/C17H27N3O3S/c21-24(22,18-13-16-7-2-1-3-8-16)20-11-6-12-23-17(15-20)14-19-9-4-5-10-19/h1-3,7-8,17-18H,4-6,9-15H2/t17-/m1/s1. The van der Waals surface area contributed by atoms with Gasteiger partial charge in [-0.25, -0.2) is 0 Å². The molecule has 0 aliphatic carbocycles. The van der Waals surface area contributed by atoms with Crippen molar-refractivity contribution < 1.29 is 13.2 Å². The highest BCUT2D eigenvalue weighted by Gasteiger charge is 2.29. The zero-order chi connectivity index (χ0) is 16.8. The highest BCUT2D eigenvalue weighted by Crippen LogP contribution is 2.14. The van der Waals surface area contributed by atoms with Crippen molar-refractivity contribution in [1.82, 2.24) is 13.9 Å². The number of nitrogens with zero attached hydrogens (tertiary/aromatic N) is 2. The predicted molar refractivity (Wildman–Crippen MR) is 93.8 cm³/mol. The second kappa shape index (κ2) is 8.40. The molecule has 7 heteroatoms. The average molecular weight is 353 g/mol. The third kappa shape index (κ3) is 5.00. The number of hydrogen-bond acceptors (Lipinski definition) is 4. The van der Waals surface area contributed by atoms with Crippen molar-refractivity contribution in [2.45, 2.75) is 31.9 Å². The van der Waals surface area contributed by atoms with Gasteiger partial charge in [0.15, 0.2) is 0 Å². The maximum absolute atomic E-state index is 12.6. The van der Waals surface area contributed by atoms with Crippen LogP contribution in [0.2, 0.25) is 0 Å². The number of hydrogen-bond donors (Lipinski definition) is 1. The van der Waals surface area contributed by atoms with E-state index in [1.807, 2.05) is 30.3 Å². The molecule has 0 aromatic heterocycles. The SMILES string of the molecule is O=S(=O)(NCc1ccccc1)N1CCCO[C@H](CN2CCCC2)C1. The van der Waals surface area contributed by atoms with Gasteiger partial charge in [-0.3, -0.25) is 0 Å². The molecule has 0 unspecified atom stereocenters. The van der Waals surface area contributed by atoms with Gasteiger partial charge in [-0.05, 0) is 37.9 Å². The fraction of sp³-hybridized carbons (Fsp3) is 0.647. The van der Waals surface area contributed by atoms with E-state index >= 15 is 0 Å². The molecular formula is C17H27N3O3S. The Kier molecular flexibility index (Phi) is 6.24. The minimum atomic E-state index is -3.49. The lowest BCUT2D eigenvalue weighted by Crippen LogP contribution is -2.46. The molecule has 2 fully saturated rings. The third-order valence-electron chi connectivity index (χ3n) is 4.61. The largest absolute Gasteiger partial charge is 0.375 e. The van der Waals surface area contributed by atoms with Gasteiger partial charge in [0.2, 0.25) is 0 Å². The van der Waals surface area contributed by atoms with Gasteiger partial charge < -0.3 is 9.64 Å². The van der Waals surface area contributed by atoms with Crippen molar-refractivity contribution in [3.05, 3.63) is 35.9 Å². The second-order valence-corrected chi connectivity index (χ2v) is 8.28. The van der Waals surface area contributed by atoms with Crippen molar-refractivity contribution in [2.24, 2.45) is 0 Å². The molecule has 1 atom stereocenters. The van der Waals surface area contributed by atoms with Gasteiger partial charge in [0.05, 0.1) is 6.10 Å². The van der Waals surface area contributed by atoms with Crippen LogP contribution in [0.4, 0.5) is 0 Å². The van der Waals surface area contributed by atoms with Crippen LogP contribution >= 0.6 is 0 Å². The van der Waals surface area contributed by atoms with Gasteiger partial charge in [-0.2, -0.15) is 17.4 Å². The van der Waals surface area contributed by atoms with E-state index in [0.29, 0.717) is 26.2 Å². The van der Waals surface area contributed by atoms with E-state index in [-0.39, 0.29) is 6.10 Å². The topological polar surface area (TPSA) is 61.9 Å². The number of benzene rings is 1. The first-order valence-corrected chi connectivity index (χ1v) is 10.2. The molecule has 0 radical (unpaired) electrons. The average Bonchev–Trinajstić information content (AvgIpc) is 2.97. The molecule has 134 valence electrons. The molecule has 3 rings (SSSR count). The molecule has 1 aromatic rings. The van der Waals surface area contributed by atoms with Crippen LogP contribution in [0.5, 0.6) is 0 Å². The Hall–Kier alpha value is -0.990. The normalized spacial score (nSPS) is 24.1. The van der Waals surface area contributed by atoms with Crippen molar-refractivity contribution in [3.63, 3.8) is 0 Å². The summed E-state index contributed by atoms with van der Waals surface area (Å²) in [5.41, 5.74) is 0.959. The minimum Gasteiger partial charge on any atom is -0.375 e. The van der Waals surface area contributed by atoms with Crippen molar-refractivity contribution in [1.29, 1.82) is 0 Å². The van der Waals surface area contributed by atoms with Gasteiger partial charge in [0.25, 0.3) is 10.2 Å². The molecule has 24 heavy (non-hydrogen) atoms. The number of ether oxygens (including phenoxy) is 1. The summed E-state index contributed by atoms with van der Waals surface area (Å²) in [6, 6.07) is 9.59. The van der Waals surface area contributed by atoms with Crippen LogP contribution in [0.1, 0.15) is 24.8 Å². The first-order chi connectivity index (χ1) is 11.6. The molecule has 1 N–H and O–H groups in total. The summed E-state index contributed by atoms with van der Waals surface area (Å²) in [5, 5.41) is 0. The Morgan fingerprint density at radius 1 is 1.08 bits per heavy atom. The fourth-order valence-electron chi connectivity index (χ4n) is 3.31. The Labute approximate surface area is 145 Å². The Balaban J connectivity index is 1.58. The van der Waals surface area contributed by atoms with Gasteiger partial charge in [0.1, 0.15) is 0 Å². The molecule has 0 amide bonds. The predicted octanol–water partition coefficient (Wildman–Crippen LogP) is 1.21. The van der Waals surface area contributed by atoms with Crippen molar-refractivity contribution in [2.75, 3.05) is 39.3 Å². The first-order valence-electron chi connectivity index (χ1n) is 8.76. The van der Waals surface area contributed by atoms with E-state index in [1.54, 1.807) is 4.31 Å². The summed E-state index contributed by atoms with van der Waals surface area (Å²) >= 11 is 0. The third-order valence-corrected chi connectivity index (χ3v) is 6.14. The van der Waals surface area contributed by atoms with E-state index in [9.17, 15) is 8.42 Å². The molecule has 0 spiro atoms. The van der Waals surface area contributed by atoms with Crippen LogP contribution in [-0.4, -0.2) is 63.1 Å². The lowest BCUT2D eigenvalue weighted by molar-refractivity contribution is 0.0381. The van der Waals surface area contributed by atoms with Crippen LogP contribution in [0.25, 0.3) is 0 Å². The van der Waals surface area contributed by atoms with E-state index in [1.165, 1.54) is 12.8 Å². The maximum atomic E-state index is 12.6. The number of rotatable bonds is 6. The quantitative estimate of drug-likeness (QED) is 0.835. The molecule has 0 saturated carbocycles. The number of likely N-dealkylation sites (tertiary alicyclic amines) is 1. The Morgan fingerprint density at radius 3 is 2.58 bits per heavy atom. The molecule has 2 saturated heterocycles. The van der Waals surface area contributed by atoms with Crippen LogP contribution < -0.4 is 4.72 Å². The van der Waals surface area contributed by atoms with E-state index < -0.39 is 10.2 Å². The molecule has 6 nitrogen and oxygen atoms in total. The molecule has 2 heterocycles. The maximum Gasteiger partial charge on any atom is 0.279 e. The Morgan fingerprint density at radius 2 is 1.83 bits per heavy atom. The molecular weight excluding hydrogens is 326 g/mol. The smallest absolute Gasteiger partial charge is 0.279 e. The zero-order valence-corrected chi connectivity index (χ0v) is 14.9. The van der Waals surface area contributed by atoms with Crippen LogP contribution in [0, 0.1) is 0 Å². The van der Waals surface area contributed by atoms with Crippen molar-refractivity contribution in [3.8, 4) is 0 Å². The second-order valence-electron chi connectivity index (χ2n) is 6.52. The zero-order valence-electron chi connectivity index (χ0n) is 14.1. The summed E-state index contributed by atoms with van der Waals surface area (Å²) < 4.78 is 35.4. The van der Waals surface area contributed by atoms with Gasteiger partial charge >= 0.3 is 0 Å². The van der Waals surface area contributed by atoms with Crippen LogP contribution in [0.3, 0.4) is 0 Å². The highest BCUT2D eigenvalue weighted by molar-refractivity contribution is 7.87. The molecule has 2 aliphatic rings. The van der Waals surface area contributed by atoms with E-state index in [2.05, 4.69) is 9.62 Å². The minimum absolute atomic E-state index is 0.0427. The summed E-state index contributed by atoms with van der Waals surface area (Å²) in [5.74, 6) is 0. The highest BCUT2D eigenvalue weighted by atomic mass is 32.2. The lowest BCUT2D eigenvalue weighted by Gasteiger charge is -2.26. The summed E-state index contributed by atoms with van der Waals surface area (Å²) in [6.45, 7) is 4.91. The van der Waals surface area contributed by atoms with Gasteiger partial charge in [-0.1, -0.05) is 30.3 Å².